The van der Waals surface area contributed by atoms with Crippen LogP contribution in [0.1, 0.15) is 31.4 Å². The lowest BCUT2D eigenvalue weighted by molar-refractivity contribution is 0.134. The first-order chi connectivity index (χ1) is 7.06. The first-order valence-electron chi connectivity index (χ1n) is 4.94. The third-order valence-electron chi connectivity index (χ3n) is 2.32. The van der Waals surface area contributed by atoms with Gasteiger partial charge in [0.25, 0.3) is 0 Å². The third kappa shape index (κ3) is 4.22. The predicted molar refractivity (Wildman–Crippen MR) is 74.2 cm³/mol. The Morgan fingerprint density at radius 2 is 2.12 bits per heavy atom. The summed E-state index contributed by atoms with van der Waals surface area (Å²) >= 11 is 9.38. The van der Waals surface area contributed by atoms with Gasteiger partial charge in [-0.25, -0.2) is 0 Å². The standard InChI is InChI=1S/C11H15BrClNO.ClH/c1-2-3-10(15)11(14)8-6-7(12)4-5-9(8)13;/h4-6,10-11,15H,2-3,14H2,1H3;1H/t10-,11+;/m0./s1. The summed E-state index contributed by atoms with van der Waals surface area (Å²) in [5.41, 5.74) is 6.72. The summed E-state index contributed by atoms with van der Waals surface area (Å²) in [6, 6.07) is 5.06. The fourth-order valence-corrected chi connectivity index (χ4v) is 2.07. The van der Waals surface area contributed by atoms with Gasteiger partial charge in [0.2, 0.25) is 0 Å². The molecule has 0 spiro atoms. The van der Waals surface area contributed by atoms with Crippen LogP contribution >= 0.6 is 39.9 Å². The van der Waals surface area contributed by atoms with Crippen LogP contribution in [-0.4, -0.2) is 11.2 Å². The van der Waals surface area contributed by atoms with Gasteiger partial charge < -0.3 is 10.8 Å². The van der Waals surface area contributed by atoms with Crippen molar-refractivity contribution in [2.24, 2.45) is 5.73 Å². The number of hydrogen-bond acceptors (Lipinski definition) is 2. The summed E-state index contributed by atoms with van der Waals surface area (Å²) in [5.74, 6) is 0. The lowest BCUT2D eigenvalue weighted by atomic mass is 9.99. The number of rotatable bonds is 4. The molecule has 0 bridgehead atoms. The van der Waals surface area contributed by atoms with E-state index >= 15 is 0 Å². The maximum atomic E-state index is 9.79. The molecule has 0 aliphatic rings. The molecular weight excluding hydrogens is 313 g/mol. The van der Waals surface area contributed by atoms with Crippen LogP contribution in [0.25, 0.3) is 0 Å². The van der Waals surface area contributed by atoms with Gasteiger partial charge in [0.1, 0.15) is 0 Å². The molecule has 5 heteroatoms. The minimum atomic E-state index is -0.540. The van der Waals surface area contributed by atoms with Crippen LogP contribution in [0.3, 0.4) is 0 Å². The van der Waals surface area contributed by atoms with E-state index in [-0.39, 0.29) is 12.4 Å². The number of hydrogen-bond donors (Lipinski definition) is 2. The molecular formula is C11H16BrCl2NO. The first kappa shape index (κ1) is 16.2. The molecule has 0 aromatic heterocycles. The Bertz CT molecular complexity index is 336. The van der Waals surface area contributed by atoms with Crippen LogP contribution in [0, 0.1) is 0 Å². The zero-order chi connectivity index (χ0) is 11.4. The Labute approximate surface area is 116 Å². The Balaban J connectivity index is 0.00000225. The van der Waals surface area contributed by atoms with Crippen LogP contribution in [0.4, 0.5) is 0 Å². The Morgan fingerprint density at radius 1 is 1.50 bits per heavy atom. The summed E-state index contributed by atoms with van der Waals surface area (Å²) in [6.07, 6.45) is 1.05. The lowest BCUT2D eigenvalue weighted by Crippen LogP contribution is -2.26. The van der Waals surface area contributed by atoms with Crippen molar-refractivity contribution >= 4 is 39.9 Å². The van der Waals surface area contributed by atoms with E-state index in [9.17, 15) is 5.11 Å². The average molecular weight is 329 g/mol. The Kier molecular flexibility index (Phi) is 7.61. The predicted octanol–water partition coefficient (Wildman–Crippen LogP) is 3.69. The van der Waals surface area contributed by atoms with E-state index in [4.69, 9.17) is 17.3 Å². The van der Waals surface area contributed by atoms with Gasteiger partial charge in [-0.15, -0.1) is 12.4 Å². The van der Waals surface area contributed by atoms with E-state index in [1.165, 1.54) is 0 Å². The number of aliphatic hydroxyl groups is 1. The van der Waals surface area contributed by atoms with Crippen molar-refractivity contribution < 1.29 is 5.11 Å². The summed E-state index contributed by atoms with van der Waals surface area (Å²) in [4.78, 5) is 0. The minimum Gasteiger partial charge on any atom is -0.391 e. The number of nitrogens with two attached hydrogens (primary N) is 1. The fourth-order valence-electron chi connectivity index (χ4n) is 1.45. The average Bonchev–Trinajstić information content (AvgIpc) is 2.21. The van der Waals surface area contributed by atoms with Crippen molar-refractivity contribution in [3.63, 3.8) is 0 Å². The summed E-state index contributed by atoms with van der Waals surface area (Å²) in [6.45, 7) is 2.01. The highest BCUT2D eigenvalue weighted by Crippen LogP contribution is 2.28. The molecule has 3 N–H and O–H groups in total. The van der Waals surface area contributed by atoms with Gasteiger partial charge in [-0.05, 0) is 30.2 Å². The van der Waals surface area contributed by atoms with Crippen molar-refractivity contribution in [1.82, 2.24) is 0 Å². The zero-order valence-electron chi connectivity index (χ0n) is 8.99. The topological polar surface area (TPSA) is 46.2 Å². The van der Waals surface area contributed by atoms with Crippen molar-refractivity contribution in [2.45, 2.75) is 31.9 Å². The molecule has 0 aliphatic carbocycles. The van der Waals surface area contributed by atoms with Crippen LogP contribution in [0.15, 0.2) is 22.7 Å². The van der Waals surface area contributed by atoms with Crippen LogP contribution in [0.2, 0.25) is 5.02 Å². The molecule has 2 atom stereocenters. The molecule has 0 aliphatic heterocycles. The van der Waals surface area contributed by atoms with Crippen LogP contribution in [0.5, 0.6) is 0 Å². The summed E-state index contributed by atoms with van der Waals surface area (Å²) in [5, 5.41) is 10.4. The van der Waals surface area contributed by atoms with Gasteiger partial charge in [0.05, 0.1) is 12.1 Å². The highest BCUT2D eigenvalue weighted by Gasteiger charge is 2.18. The molecule has 2 nitrogen and oxygen atoms in total. The minimum absolute atomic E-state index is 0. The van der Waals surface area contributed by atoms with E-state index < -0.39 is 12.1 Å². The SMILES string of the molecule is CCC[C@H](O)[C@H](N)c1cc(Br)ccc1Cl.Cl. The van der Waals surface area contributed by atoms with Gasteiger partial charge in [0, 0.05) is 9.50 Å². The molecule has 0 fully saturated rings. The number of benzene rings is 1. The van der Waals surface area contributed by atoms with E-state index in [0.717, 1.165) is 16.5 Å². The largest absolute Gasteiger partial charge is 0.391 e. The highest BCUT2D eigenvalue weighted by atomic mass is 79.9. The van der Waals surface area contributed by atoms with Crippen molar-refractivity contribution in [3.8, 4) is 0 Å². The molecule has 1 rings (SSSR count). The smallest absolute Gasteiger partial charge is 0.0733 e. The normalized spacial score (nSPS) is 14.1. The van der Waals surface area contributed by atoms with Crippen molar-refractivity contribution in [1.29, 1.82) is 0 Å². The molecule has 0 amide bonds. The van der Waals surface area contributed by atoms with Gasteiger partial charge >= 0.3 is 0 Å². The second kappa shape index (κ2) is 7.51. The van der Waals surface area contributed by atoms with Crippen molar-refractivity contribution in [3.05, 3.63) is 33.3 Å². The van der Waals surface area contributed by atoms with Gasteiger partial charge in [-0.1, -0.05) is 40.9 Å². The summed E-state index contributed by atoms with van der Waals surface area (Å²) < 4.78 is 0.918. The molecule has 16 heavy (non-hydrogen) atoms. The molecule has 0 radical (unpaired) electrons. The van der Waals surface area contributed by atoms with E-state index in [1.54, 1.807) is 6.07 Å². The number of aliphatic hydroxyl groups excluding tert-OH is 1. The molecule has 0 saturated heterocycles. The first-order valence-corrected chi connectivity index (χ1v) is 6.12. The molecule has 1 aromatic carbocycles. The van der Waals surface area contributed by atoms with Crippen LogP contribution < -0.4 is 5.73 Å². The quantitative estimate of drug-likeness (QED) is 0.885. The van der Waals surface area contributed by atoms with Gasteiger partial charge in [0.15, 0.2) is 0 Å². The second-order valence-electron chi connectivity index (χ2n) is 3.55. The molecule has 1 aromatic rings. The van der Waals surface area contributed by atoms with Gasteiger partial charge in [-0.2, -0.15) is 0 Å². The monoisotopic (exact) mass is 327 g/mol. The van der Waals surface area contributed by atoms with E-state index in [0.29, 0.717) is 11.4 Å². The third-order valence-corrected chi connectivity index (χ3v) is 3.15. The second-order valence-corrected chi connectivity index (χ2v) is 4.87. The molecule has 0 unspecified atom stereocenters. The van der Waals surface area contributed by atoms with Gasteiger partial charge in [-0.3, -0.25) is 0 Å². The molecule has 0 saturated carbocycles. The zero-order valence-corrected chi connectivity index (χ0v) is 12.1. The van der Waals surface area contributed by atoms with E-state index in [2.05, 4.69) is 15.9 Å². The van der Waals surface area contributed by atoms with Crippen molar-refractivity contribution in [2.75, 3.05) is 0 Å². The molecule has 92 valence electrons. The summed E-state index contributed by atoms with van der Waals surface area (Å²) in [7, 11) is 0. The van der Waals surface area contributed by atoms with Crippen LogP contribution in [-0.2, 0) is 0 Å². The lowest BCUT2D eigenvalue weighted by Gasteiger charge is -2.19. The maximum Gasteiger partial charge on any atom is 0.0733 e. The Hall–Kier alpha value is 0.200. The Morgan fingerprint density at radius 3 is 2.69 bits per heavy atom. The van der Waals surface area contributed by atoms with E-state index in [1.807, 2.05) is 19.1 Å². The maximum absolute atomic E-state index is 9.79. The molecule has 0 heterocycles. The number of halogens is 3. The highest BCUT2D eigenvalue weighted by molar-refractivity contribution is 9.10. The fraction of sp³-hybridized carbons (Fsp3) is 0.455.